The molecule has 2 aromatic carbocycles. The first-order valence-corrected chi connectivity index (χ1v) is 10.2. The summed E-state index contributed by atoms with van der Waals surface area (Å²) >= 11 is 1.35. The fourth-order valence-corrected chi connectivity index (χ4v) is 4.23. The van der Waals surface area contributed by atoms with Crippen molar-refractivity contribution in [1.82, 2.24) is 9.97 Å². The van der Waals surface area contributed by atoms with Gasteiger partial charge in [0.2, 0.25) is 0 Å². The molecule has 0 aliphatic rings. The van der Waals surface area contributed by atoms with Crippen LogP contribution in [0.4, 0.5) is 10.8 Å². The summed E-state index contributed by atoms with van der Waals surface area (Å²) in [6.07, 6.45) is 3.33. The first-order chi connectivity index (χ1) is 15.0. The Kier molecular flexibility index (Phi) is 5.59. The van der Waals surface area contributed by atoms with Crippen LogP contribution < -0.4 is 9.64 Å². The third kappa shape index (κ3) is 4.08. The van der Waals surface area contributed by atoms with Crippen LogP contribution in [0.2, 0.25) is 0 Å². The third-order valence-electron chi connectivity index (χ3n) is 4.86. The second kappa shape index (κ2) is 8.49. The molecule has 156 valence electrons. The first kappa shape index (κ1) is 20.4. The van der Waals surface area contributed by atoms with Crippen LogP contribution >= 0.6 is 11.3 Å². The molecule has 0 bridgehead atoms. The normalized spacial score (nSPS) is 10.8. The Hall–Kier alpha value is -3.85. The van der Waals surface area contributed by atoms with Gasteiger partial charge in [-0.05, 0) is 42.8 Å². The number of nitro benzene ring substituents is 1. The maximum Gasteiger partial charge on any atom is 0.273 e. The summed E-state index contributed by atoms with van der Waals surface area (Å²) < 4.78 is 6.15. The molecule has 0 N–H and O–H groups in total. The van der Waals surface area contributed by atoms with Crippen molar-refractivity contribution in [3.8, 4) is 5.75 Å². The van der Waals surface area contributed by atoms with Gasteiger partial charge in [-0.1, -0.05) is 23.5 Å². The van der Waals surface area contributed by atoms with Crippen molar-refractivity contribution in [1.29, 1.82) is 0 Å². The molecule has 0 aliphatic heterocycles. The van der Waals surface area contributed by atoms with E-state index in [4.69, 9.17) is 4.74 Å². The first-order valence-electron chi connectivity index (χ1n) is 9.37. The predicted octanol–water partition coefficient (Wildman–Crippen LogP) is 4.76. The van der Waals surface area contributed by atoms with Crippen molar-refractivity contribution in [3.63, 3.8) is 0 Å². The van der Waals surface area contributed by atoms with E-state index >= 15 is 0 Å². The van der Waals surface area contributed by atoms with Crippen LogP contribution in [0.25, 0.3) is 10.2 Å². The van der Waals surface area contributed by atoms with Gasteiger partial charge in [0.05, 0.1) is 28.8 Å². The number of rotatable bonds is 6. The van der Waals surface area contributed by atoms with Gasteiger partial charge in [0.25, 0.3) is 11.6 Å². The molecule has 0 unspecified atom stereocenters. The standard InChI is InChI=1S/C22H18N4O4S/c1-14-17(6-3-7-19(14)26(28)29)21(27)25(13-15-5-4-10-23-12-15)22-24-18-9-8-16(30-2)11-20(18)31-22/h3-12H,13H2,1-2H3. The summed E-state index contributed by atoms with van der Waals surface area (Å²) in [7, 11) is 1.59. The lowest BCUT2D eigenvalue weighted by atomic mass is 10.1. The van der Waals surface area contributed by atoms with E-state index in [9.17, 15) is 14.9 Å². The van der Waals surface area contributed by atoms with E-state index in [1.54, 1.807) is 38.6 Å². The highest BCUT2D eigenvalue weighted by molar-refractivity contribution is 7.22. The number of thiazole rings is 1. The number of hydrogen-bond acceptors (Lipinski definition) is 7. The molecule has 31 heavy (non-hydrogen) atoms. The number of aromatic nitrogens is 2. The van der Waals surface area contributed by atoms with E-state index in [2.05, 4.69) is 9.97 Å². The Morgan fingerprint density at radius 3 is 2.77 bits per heavy atom. The maximum atomic E-state index is 13.6. The monoisotopic (exact) mass is 434 g/mol. The molecular weight excluding hydrogens is 416 g/mol. The van der Waals surface area contributed by atoms with E-state index < -0.39 is 4.92 Å². The zero-order valence-corrected chi connectivity index (χ0v) is 17.6. The third-order valence-corrected chi connectivity index (χ3v) is 5.90. The second-order valence-electron chi connectivity index (χ2n) is 6.79. The Bertz CT molecular complexity index is 1270. The molecule has 0 saturated carbocycles. The number of hydrogen-bond donors (Lipinski definition) is 0. The van der Waals surface area contributed by atoms with Crippen LogP contribution in [0.1, 0.15) is 21.5 Å². The number of carbonyl (C=O) groups is 1. The molecule has 0 fully saturated rings. The highest BCUT2D eigenvalue weighted by Gasteiger charge is 2.26. The molecule has 8 nitrogen and oxygen atoms in total. The summed E-state index contributed by atoms with van der Waals surface area (Å²) in [6, 6.07) is 13.7. The number of ether oxygens (including phenoxy) is 1. The summed E-state index contributed by atoms with van der Waals surface area (Å²) in [5, 5.41) is 11.8. The van der Waals surface area contributed by atoms with Crippen LogP contribution in [0.3, 0.4) is 0 Å². The number of nitro groups is 1. The topological polar surface area (TPSA) is 98.5 Å². The number of carbonyl (C=O) groups excluding carboxylic acids is 1. The molecule has 2 aromatic heterocycles. The van der Waals surface area contributed by atoms with E-state index in [0.717, 1.165) is 15.8 Å². The Morgan fingerprint density at radius 1 is 1.23 bits per heavy atom. The minimum Gasteiger partial charge on any atom is -0.497 e. The van der Waals surface area contributed by atoms with Gasteiger partial charge in [0.1, 0.15) is 5.75 Å². The molecular formula is C22H18N4O4S. The van der Waals surface area contributed by atoms with Gasteiger partial charge < -0.3 is 4.74 Å². The van der Waals surface area contributed by atoms with Crippen molar-refractivity contribution in [2.75, 3.05) is 12.0 Å². The number of amides is 1. The second-order valence-corrected chi connectivity index (χ2v) is 7.80. The zero-order chi connectivity index (χ0) is 22.0. The number of methoxy groups -OCH3 is 1. The lowest BCUT2D eigenvalue weighted by molar-refractivity contribution is -0.385. The summed E-state index contributed by atoms with van der Waals surface area (Å²) in [6.45, 7) is 1.81. The molecule has 4 aromatic rings. The highest BCUT2D eigenvalue weighted by atomic mass is 32.1. The molecule has 0 radical (unpaired) electrons. The van der Waals surface area contributed by atoms with E-state index in [0.29, 0.717) is 16.4 Å². The van der Waals surface area contributed by atoms with E-state index in [-0.39, 0.29) is 23.7 Å². The van der Waals surface area contributed by atoms with Gasteiger partial charge in [0.15, 0.2) is 5.13 Å². The van der Waals surface area contributed by atoms with Crippen LogP contribution in [-0.2, 0) is 6.54 Å². The zero-order valence-electron chi connectivity index (χ0n) is 16.8. The van der Waals surface area contributed by atoms with Gasteiger partial charge in [-0.2, -0.15) is 0 Å². The van der Waals surface area contributed by atoms with Crippen molar-refractivity contribution >= 4 is 38.3 Å². The molecule has 0 saturated heterocycles. The highest BCUT2D eigenvalue weighted by Crippen LogP contribution is 2.34. The van der Waals surface area contributed by atoms with Crippen LogP contribution in [0, 0.1) is 17.0 Å². The minimum atomic E-state index is -0.485. The van der Waals surface area contributed by atoms with Crippen LogP contribution in [0.15, 0.2) is 60.9 Å². The number of nitrogens with zero attached hydrogens (tertiary/aromatic N) is 4. The molecule has 0 aliphatic carbocycles. The van der Waals surface area contributed by atoms with Gasteiger partial charge in [-0.25, -0.2) is 4.98 Å². The number of fused-ring (bicyclic) bond motifs is 1. The molecule has 0 spiro atoms. The summed E-state index contributed by atoms with van der Waals surface area (Å²) in [5.74, 6) is 0.332. The Morgan fingerprint density at radius 2 is 2.06 bits per heavy atom. The molecule has 0 atom stereocenters. The summed E-state index contributed by atoms with van der Waals surface area (Å²) in [5.41, 5.74) is 2.03. The number of benzene rings is 2. The van der Waals surface area contributed by atoms with Crippen LogP contribution in [0.5, 0.6) is 5.75 Å². The van der Waals surface area contributed by atoms with Crippen molar-refractivity contribution in [3.05, 3.63) is 87.7 Å². The lowest BCUT2D eigenvalue weighted by Gasteiger charge is -2.21. The maximum absolute atomic E-state index is 13.6. The Labute approximate surface area is 181 Å². The Balaban J connectivity index is 1.81. The van der Waals surface area contributed by atoms with Gasteiger partial charge in [-0.3, -0.25) is 24.8 Å². The quantitative estimate of drug-likeness (QED) is 0.320. The minimum absolute atomic E-state index is 0.0961. The molecule has 1 amide bonds. The van der Waals surface area contributed by atoms with Crippen molar-refractivity contribution in [2.45, 2.75) is 13.5 Å². The van der Waals surface area contributed by atoms with E-state index in [1.165, 1.54) is 28.4 Å². The van der Waals surface area contributed by atoms with Gasteiger partial charge in [0, 0.05) is 29.6 Å². The summed E-state index contributed by atoms with van der Waals surface area (Å²) in [4.78, 5) is 34.7. The largest absolute Gasteiger partial charge is 0.497 e. The number of pyridine rings is 1. The average Bonchev–Trinajstić information content (AvgIpc) is 3.20. The van der Waals surface area contributed by atoms with Gasteiger partial charge >= 0.3 is 0 Å². The van der Waals surface area contributed by atoms with Crippen LogP contribution in [-0.4, -0.2) is 27.9 Å². The molecule has 2 heterocycles. The fraction of sp³-hybridized carbons (Fsp3) is 0.136. The van der Waals surface area contributed by atoms with Crippen molar-refractivity contribution in [2.24, 2.45) is 0 Å². The van der Waals surface area contributed by atoms with E-state index in [1.807, 2.05) is 24.3 Å². The number of anilines is 1. The predicted molar refractivity (Wildman–Crippen MR) is 119 cm³/mol. The molecule has 9 heteroatoms. The average molecular weight is 434 g/mol. The smallest absolute Gasteiger partial charge is 0.273 e. The molecule has 4 rings (SSSR count). The fourth-order valence-electron chi connectivity index (χ4n) is 3.23. The van der Waals surface area contributed by atoms with Crippen molar-refractivity contribution < 1.29 is 14.5 Å². The van der Waals surface area contributed by atoms with Gasteiger partial charge in [-0.15, -0.1) is 0 Å². The lowest BCUT2D eigenvalue weighted by Crippen LogP contribution is -2.31. The SMILES string of the molecule is COc1ccc2nc(N(Cc3cccnc3)C(=O)c3cccc([N+](=O)[O-])c3C)sc2c1.